The molecule has 1 saturated heterocycles. The SMILES string of the molecule is COc1ccc(-c2ccc3c(N(C)CC4CCC(C)O4)nc(Cl)nc3n2)cc1CO. The monoisotopic (exact) mass is 428 g/mol. The average Bonchev–Trinajstić information content (AvgIpc) is 3.16. The summed E-state index contributed by atoms with van der Waals surface area (Å²) in [6.45, 7) is 2.71. The number of halogens is 1. The number of methoxy groups -OCH3 is 1. The number of aliphatic hydroxyl groups excluding tert-OH is 1. The predicted octanol–water partition coefficient (Wildman–Crippen LogP) is 3.85. The Morgan fingerprint density at radius 3 is 2.73 bits per heavy atom. The van der Waals surface area contributed by atoms with Crippen LogP contribution in [0, 0.1) is 0 Å². The molecule has 4 rings (SSSR count). The van der Waals surface area contributed by atoms with Gasteiger partial charge in [-0.05, 0) is 61.7 Å². The summed E-state index contributed by atoms with van der Waals surface area (Å²) in [6.07, 6.45) is 2.59. The van der Waals surface area contributed by atoms with Crippen molar-refractivity contribution >= 4 is 28.5 Å². The van der Waals surface area contributed by atoms with Crippen LogP contribution in [0.1, 0.15) is 25.3 Å². The zero-order valence-electron chi connectivity index (χ0n) is 17.3. The molecular weight excluding hydrogens is 404 g/mol. The van der Waals surface area contributed by atoms with Crippen molar-refractivity contribution in [1.82, 2.24) is 15.0 Å². The maximum Gasteiger partial charge on any atom is 0.226 e. The Labute approximate surface area is 180 Å². The topological polar surface area (TPSA) is 80.6 Å². The molecule has 2 aromatic heterocycles. The van der Waals surface area contributed by atoms with Gasteiger partial charge in [0.2, 0.25) is 5.28 Å². The molecule has 3 aromatic rings. The van der Waals surface area contributed by atoms with Gasteiger partial charge in [-0.1, -0.05) is 0 Å². The molecule has 0 radical (unpaired) electrons. The van der Waals surface area contributed by atoms with Gasteiger partial charge in [0.1, 0.15) is 11.6 Å². The van der Waals surface area contributed by atoms with Crippen LogP contribution in [0.2, 0.25) is 5.28 Å². The Morgan fingerprint density at radius 2 is 2.03 bits per heavy atom. The predicted molar refractivity (Wildman–Crippen MR) is 117 cm³/mol. The third-order valence-electron chi connectivity index (χ3n) is 5.42. The van der Waals surface area contributed by atoms with E-state index in [1.54, 1.807) is 7.11 Å². The lowest BCUT2D eigenvalue weighted by Crippen LogP contribution is -2.30. The quantitative estimate of drug-likeness (QED) is 0.597. The summed E-state index contributed by atoms with van der Waals surface area (Å²) in [7, 11) is 3.56. The standard InChI is InChI=1S/C22H25ClN4O3/c1-13-4-6-16(30-13)11-27(2)21-17-7-8-18(24-20(17)25-22(23)26-21)14-5-9-19(29-3)15(10-14)12-28/h5,7-10,13,16,28H,4,6,11-12H2,1-3H3. The van der Waals surface area contributed by atoms with E-state index in [0.717, 1.165) is 41.8 Å². The van der Waals surface area contributed by atoms with Crippen molar-refractivity contribution in [3.05, 3.63) is 41.2 Å². The van der Waals surface area contributed by atoms with E-state index in [2.05, 4.69) is 21.8 Å². The molecular formula is C22H25ClN4O3. The van der Waals surface area contributed by atoms with Crippen molar-refractivity contribution < 1.29 is 14.6 Å². The van der Waals surface area contributed by atoms with Gasteiger partial charge in [0.25, 0.3) is 0 Å². The molecule has 7 nitrogen and oxygen atoms in total. The second-order valence-electron chi connectivity index (χ2n) is 7.60. The molecule has 158 valence electrons. The molecule has 1 aromatic carbocycles. The van der Waals surface area contributed by atoms with Crippen molar-refractivity contribution in [2.45, 2.75) is 38.6 Å². The van der Waals surface area contributed by atoms with Crippen molar-refractivity contribution in [2.24, 2.45) is 0 Å². The molecule has 2 unspecified atom stereocenters. The van der Waals surface area contributed by atoms with Crippen molar-refractivity contribution in [3.63, 3.8) is 0 Å². The van der Waals surface area contributed by atoms with Gasteiger partial charge >= 0.3 is 0 Å². The molecule has 0 aliphatic carbocycles. The fourth-order valence-electron chi connectivity index (χ4n) is 3.89. The lowest BCUT2D eigenvalue weighted by atomic mass is 10.1. The zero-order valence-corrected chi connectivity index (χ0v) is 18.1. The fraction of sp³-hybridized carbons (Fsp3) is 0.409. The number of rotatable bonds is 6. The van der Waals surface area contributed by atoms with Gasteiger partial charge in [0.15, 0.2) is 5.65 Å². The Kier molecular flexibility index (Phi) is 6.04. The normalized spacial score (nSPS) is 18.7. The molecule has 0 bridgehead atoms. The number of benzene rings is 1. The van der Waals surface area contributed by atoms with Gasteiger partial charge in [0.05, 0.1) is 37.0 Å². The van der Waals surface area contributed by atoms with Crippen LogP contribution in [-0.2, 0) is 11.3 Å². The molecule has 3 heterocycles. The first kappa shape index (κ1) is 20.8. The van der Waals surface area contributed by atoms with E-state index < -0.39 is 0 Å². The molecule has 0 spiro atoms. The van der Waals surface area contributed by atoms with Crippen LogP contribution in [-0.4, -0.2) is 53.0 Å². The van der Waals surface area contributed by atoms with Gasteiger partial charge in [-0.3, -0.25) is 0 Å². The molecule has 1 aliphatic rings. The van der Waals surface area contributed by atoms with Gasteiger partial charge in [0, 0.05) is 24.7 Å². The number of fused-ring (bicyclic) bond motifs is 1. The van der Waals surface area contributed by atoms with Crippen LogP contribution in [0.15, 0.2) is 30.3 Å². The number of ether oxygens (including phenoxy) is 2. The lowest BCUT2D eigenvalue weighted by molar-refractivity contribution is 0.0606. The summed E-state index contributed by atoms with van der Waals surface area (Å²) in [6, 6.07) is 9.47. The summed E-state index contributed by atoms with van der Waals surface area (Å²) >= 11 is 6.22. The molecule has 0 saturated carbocycles. The summed E-state index contributed by atoms with van der Waals surface area (Å²) < 4.78 is 11.2. The maximum absolute atomic E-state index is 9.61. The second kappa shape index (κ2) is 8.71. The van der Waals surface area contributed by atoms with E-state index in [-0.39, 0.29) is 18.0 Å². The zero-order chi connectivity index (χ0) is 21.3. The smallest absolute Gasteiger partial charge is 0.226 e. The third kappa shape index (κ3) is 4.19. The van der Waals surface area contributed by atoms with Crippen molar-refractivity contribution in [2.75, 3.05) is 25.6 Å². The summed E-state index contributed by atoms with van der Waals surface area (Å²) in [4.78, 5) is 15.5. The molecule has 2 atom stereocenters. The number of aromatic nitrogens is 3. The molecule has 1 fully saturated rings. The van der Waals surface area contributed by atoms with E-state index >= 15 is 0 Å². The minimum atomic E-state index is -0.116. The Bertz CT molecular complexity index is 1060. The highest BCUT2D eigenvalue weighted by Gasteiger charge is 2.24. The van der Waals surface area contributed by atoms with E-state index in [1.807, 2.05) is 37.4 Å². The van der Waals surface area contributed by atoms with Crippen LogP contribution in [0.3, 0.4) is 0 Å². The van der Waals surface area contributed by atoms with Gasteiger partial charge in [-0.25, -0.2) is 4.98 Å². The second-order valence-corrected chi connectivity index (χ2v) is 7.93. The van der Waals surface area contributed by atoms with Gasteiger partial charge in [-0.15, -0.1) is 0 Å². The van der Waals surface area contributed by atoms with E-state index in [9.17, 15) is 5.11 Å². The third-order valence-corrected chi connectivity index (χ3v) is 5.59. The highest BCUT2D eigenvalue weighted by Crippen LogP contribution is 2.30. The minimum Gasteiger partial charge on any atom is -0.496 e. The number of anilines is 1. The number of hydrogen-bond acceptors (Lipinski definition) is 7. The molecule has 1 aliphatic heterocycles. The highest BCUT2D eigenvalue weighted by molar-refractivity contribution is 6.28. The van der Waals surface area contributed by atoms with Crippen molar-refractivity contribution in [1.29, 1.82) is 0 Å². The van der Waals surface area contributed by atoms with Crippen LogP contribution < -0.4 is 9.64 Å². The number of aliphatic hydroxyl groups is 1. The number of nitrogens with zero attached hydrogens (tertiary/aromatic N) is 4. The summed E-state index contributed by atoms with van der Waals surface area (Å²) in [5.74, 6) is 1.37. The number of pyridine rings is 1. The average molecular weight is 429 g/mol. The molecule has 8 heteroatoms. The molecule has 30 heavy (non-hydrogen) atoms. The summed E-state index contributed by atoms with van der Waals surface area (Å²) in [5, 5.41) is 10.6. The summed E-state index contributed by atoms with van der Waals surface area (Å²) in [5.41, 5.74) is 2.82. The molecule has 1 N–H and O–H groups in total. The number of likely N-dealkylation sites (N-methyl/N-ethyl adjacent to an activating group) is 1. The van der Waals surface area contributed by atoms with Crippen LogP contribution in [0.25, 0.3) is 22.3 Å². The van der Waals surface area contributed by atoms with Gasteiger partial charge < -0.3 is 19.5 Å². The Balaban J connectivity index is 1.68. The highest BCUT2D eigenvalue weighted by atomic mass is 35.5. The van der Waals surface area contributed by atoms with Gasteiger partial charge in [-0.2, -0.15) is 9.97 Å². The van der Waals surface area contributed by atoms with Crippen LogP contribution in [0.4, 0.5) is 5.82 Å². The van der Waals surface area contributed by atoms with Crippen LogP contribution in [0.5, 0.6) is 5.75 Å². The Hall–Kier alpha value is -2.48. The van der Waals surface area contributed by atoms with Crippen molar-refractivity contribution in [3.8, 4) is 17.0 Å². The van der Waals surface area contributed by atoms with E-state index in [1.165, 1.54) is 0 Å². The minimum absolute atomic E-state index is 0.116. The number of hydrogen-bond donors (Lipinski definition) is 1. The van der Waals surface area contributed by atoms with Crippen LogP contribution >= 0.6 is 11.6 Å². The Morgan fingerprint density at radius 1 is 1.20 bits per heavy atom. The van der Waals surface area contributed by atoms with E-state index in [0.29, 0.717) is 23.1 Å². The fourth-order valence-corrected chi connectivity index (χ4v) is 4.05. The lowest BCUT2D eigenvalue weighted by Gasteiger charge is -2.23. The molecule has 0 amide bonds. The largest absolute Gasteiger partial charge is 0.496 e. The first-order valence-corrected chi connectivity index (χ1v) is 10.4. The van der Waals surface area contributed by atoms with E-state index in [4.69, 9.17) is 26.1 Å². The first-order valence-electron chi connectivity index (χ1n) is 9.97. The maximum atomic E-state index is 9.61. The first-order chi connectivity index (χ1) is 14.5.